The van der Waals surface area contributed by atoms with Crippen molar-refractivity contribution >= 4 is 23.1 Å². The minimum Gasteiger partial charge on any atom is -0.500 e. The Hall–Kier alpha value is -5.12. The van der Waals surface area contributed by atoms with Crippen molar-refractivity contribution in [3.05, 3.63) is 118 Å². The summed E-state index contributed by atoms with van der Waals surface area (Å²) in [5, 5.41) is 0. The molecule has 0 saturated heterocycles. The van der Waals surface area contributed by atoms with Crippen LogP contribution in [0.3, 0.4) is 0 Å². The van der Waals surface area contributed by atoms with Crippen LogP contribution in [0.1, 0.15) is 23.0 Å². The number of carbonyl (C=O) groups excluding carboxylic acids is 4. The topological polar surface area (TPSA) is 124 Å². The third kappa shape index (κ3) is 3.86. The molecule has 0 fully saturated rings. The number of hydrogen-bond acceptors (Lipinski definition) is 10. The van der Waals surface area contributed by atoms with Gasteiger partial charge < -0.3 is 28.4 Å². The standard InChI is InChI=1S/C34H32O10/c1-39-23-17-21(19-13-9-7-10-14-19)34(31(37)27(43-5)28(44-6)32(34)38)24(40-2)18-22(20-15-11-8-12-16-20)33(23)29(35)25(41-3)26(42-4)30(33)36/h7-18,21-22H,1-6H3/t21-,22-/m1/s1. The van der Waals surface area contributed by atoms with Crippen molar-refractivity contribution < 1.29 is 47.6 Å². The SMILES string of the molecule is COC1=C[C@H](c2ccccc2)C2(C(=O)C(OC)=C(OC)C2=O)C(OC)=C[C@H](c2ccccc2)C12C(=O)C(OC)=C(OC)C2=O. The van der Waals surface area contributed by atoms with Crippen LogP contribution < -0.4 is 0 Å². The third-order valence-electron chi connectivity index (χ3n) is 8.59. The lowest BCUT2D eigenvalue weighted by molar-refractivity contribution is -0.137. The highest BCUT2D eigenvalue weighted by atomic mass is 16.5. The number of methoxy groups -OCH3 is 6. The fourth-order valence-electron chi connectivity index (χ4n) is 6.68. The second-order valence-corrected chi connectivity index (χ2v) is 10.3. The lowest BCUT2D eigenvalue weighted by Crippen LogP contribution is -2.49. The Balaban J connectivity index is 1.97. The van der Waals surface area contributed by atoms with Gasteiger partial charge in [0.05, 0.1) is 42.7 Å². The summed E-state index contributed by atoms with van der Waals surface area (Å²) >= 11 is 0. The second kappa shape index (κ2) is 11.5. The summed E-state index contributed by atoms with van der Waals surface area (Å²) in [6.07, 6.45) is 2.95. The van der Waals surface area contributed by atoms with E-state index in [1.165, 1.54) is 54.8 Å². The van der Waals surface area contributed by atoms with Crippen molar-refractivity contribution in [1.29, 1.82) is 0 Å². The molecule has 3 aliphatic rings. The molecule has 2 aromatic rings. The minimum absolute atomic E-state index is 0.104. The maximum Gasteiger partial charge on any atom is 0.223 e. The Morgan fingerprint density at radius 3 is 0.932 bits per heavy atom. The van der Waals surface area contributed by atoms with E-state index >= 15 is 0 Å². The van der Waals surface area contributed by atoms with Gasteiger partial charge in [0.2, 0.25) is 46.2 Å². The van der Waals surface area contributed by atoms with Crippen LogP contribution in [0.25, 0.3) is 0 Å². The van der Waals surface area contributed by atoms with Gasteiger partial charge in [-0.1, -0.05) is 60.7 Å². The molecule has 0 unspecified atom stereocenters. The van der Waals surface area contributed by atoms with Crippen LogP contribution in [0.4, 0.5) is 0 Å². The minimum atomic E-state index is -2.09. The first-order valence-electron chi connectivity index (χ1n) is 13.7. The van der Waals surface area contributed by atoms with Gasteiger partial charge >= 0.3 is 0 Å². The predicted octanol–water partition coefficient (Wildman–Crippen LogP) is 3.91. The Labute approximate surface area is 254 Å². The van der Waals surface area contributed by atoms with E-state index in [9.17, 15) is 19.2 Å². The summed E-state index contributed by atoms with van der Waals surface area (Å²) in [6.45, 7) is 0. The van der Waals surface area contributed by atoms with Crippen molar-refractivity contribution in [3.8, 4) is 0 Å². The van der Waals surface area contributed by atoms with Gasteiger partial charge in [-0.15, -0.1) is 0 Å². The Morgan fingerprint density at radius 2 is 0.705 bits per heavy atom. The van der Waals surface area contributed by atoms with E-state index in [2.05, 4.69) is 0 Å². The van der Waals surface area contributed by atoms with E-state index in [0.29, 0.717) is 11.1 Å². The quantitative estimate of drug-likeness (QED) is 0.412. The molecule has 2 aromatic carbocycles. The van der Waals surface area contributed by atoms with E-state index in [1.54, 1.807) is 60.7 Å². The molecular weight excluding hydrogens is 568 g/mol. The summed E-state index contributed by atoms with van der Waals surface area (Å²) < 4.78 is 33.6. The molecule has 0 aromatic heterocycles. The van der Waals surface area contributed by atoms with Gasteiger partial charge in [-0.3, -0.25) is 19.2 Å². The number of benzene rings is 2. The Kier molecular flexibility index (Phi) is 7.94. The Morgan fingerprint density at radius 1 is 0.432 bits per heavy atom. The highest BCUT2D eigenvalue weighted by Crippen LogP contribution is 2.60. The molecule has 0 saturated carbocycles. The summed E-state index contributed by atoms with van der Waals surface area (Å²) in [7, 11) is 7.73. The zero-order valence-electron chi connectivity index (χ0n) is 25.2. The van der Waals surface area contributed by atoms with E-state index < -0.39 is 45.8 Å². The molecule has 5 rings (SSSR count). The summed E-state index contributed by atoms with van der Waals surface area (Å²) in [6, 6.07) is 17.4. The largest absolute Gasteiger partial charge is 0.500 e. The van der Waals surface area contributed by atoms with Crippen molar-refractivity contribution in [1.82, 2.24) is 0 Å². The smallest absolute Gasteiger partial charge is 0.223 e. The molecule has 10 heteroatoms. The number of ether oxygens (including phenoxy) is 6. The fraction of sp³-hybridized carbons (Fsp3) is 0.294. The van der Waals surface area contributed by atoms with Crippen LogP contribution in [-0.4, -0.2) is 65.8 Å². The van der Waals surface area contributed by atoms with Gasteiger partial charge in [0, 0.05) is 11.8 Å². The molecule has 0 amide bonds. The molecule has 0 heterocycles. The van der Waals surface area contributed by atoms with Crippen molar-refractivity contribution in [2.24, 2.45) is 10.8 Å². The molecular formula is C34H32O10. The predicted molar refractivity (Wildman–Crippen MR) is 156 cm³/mol. The van der Waals surface area contributed by atoms with Gasteiger partial charge in [-0.2, -0.15) is 0 Å². The molecule has 2 spiro atoms. The highest BCUT2D eigenvalue weighted by molar-refractivity contribution is 6.30. The molecule has 0 N–H and O–H groups in total. The monoisotopic (exact) mass is 600 g/mol. The third-order valence-corrected chi connectivity index (χ3v) is 8.59. The lowest BCUT2D eigenvalue weighted by Gasteiger charge is -2.41. The van der Waals surface area contributed by atoms with Crippen molar-refractivity contribution in [2.75, 3.05) is 42.7 Å². The van der Waals surface area contributed by atoms with E-state index in [1.807, 2.05) is 0 Å². The highest BCUT2D eigenvalue weighted by Gasteiger charge is 2.69. The van der Waals surface area contributed by atoms with Crippen molar-refractivity contribution in [2.45, 2.75) is 11.8 Å². The van der Waals surface area contributed by atoms with Gasteiger partial charge in [-0.05, 0) is 23.3 Å². The average molecular weight is 601 g/mol. The molecule has 44 heavy (non-hydrogen) atoms. The molecule has 0 aliphatic heterocycles. The number of ketones is 4. The van der Waals surface area contributed by atoms with E-state index in [-0.39, 0.29) is 34.6 Å². The van der Waals surface area contributed by atoms with Gasteiger partial charge in [-0.25, -0.2) is 0 Å². The van der Waals surface area contributed by atoms with Crippen LogP contribution in [0.2, 0.25) is 0 Å². The number of allylic oxidation sites excluding steroid dienone is 8. The van der Waals surface area contributed by atoms with E-state index in [0.717, 1.165) is 0 Å². The van der Waals surface area contributed by atoms with E-state index in [4.69, 9.17) is 28.4 Å². The summed E-state index contributed by atoms with van der Waals surface area (Å²) in [4.78, 5) is 58.1. The summed E-state index contributed by atoms with van der Waals surface area (Å²) in [5.41, 5.74) is -3.18. The van der Waals surface area contributed by atoms with Crippen LogP contribution in [-0.2, 0) is 47.6 Å². The normalized spacial score (nSPS) is 22.5. The molecule has 0 radical (unpaired) electrons. The maximum atomic E-state index is 14.5. The summed E-state index contributed by atoms with van der Waals surface area (Å²) in [5.74, 6) is -6.49. The molecule has 3 aliphatic carbocycles. The zero-order chi connectivity index (χ0) is 31.8. The molecule has 228 valence electrons. The van der Waals surface area contributed by atoms with Crippen molar-refractivity contribution in [3.63, 3.8) is 0 Å². The van der Waals surface area contributed by atoms with Gasteiger partial charge in [0.25, 0.3) is 0 Å². The molecule has 2 atom stereocenters. The number of carbonyl (C=O) groups is 4. The first-order valence-corrected chi connectivity index (χ1v) is 13.7. The average Bonchev–Trinajstić information content (AvgIpc) is 3.40. The fourth-order valence-corrected chi connectivity index (χ4v) is 6.68. The first-order chi connectivity index (χ1) is 21.2. The van der Waals surface area contributed by atoms with Gasteiger partial charge in [0.15, 0.2) is 10.8 Å². The Bertz CT molecular complexity index is 1470. The lowest BCUT2D eigenvalue weighted by atomic mass is 9.59. The van der Waals surface area contributed by atoms with Crippen LogP contribution in [0.15, 0.2) is 107 Å². The van der Waals surface area contributed by atoms with Gasteiger partial charge in [0.1, 0.15) is 11.5 Å². The van der Waals surface area contributed by atoms with Crippen LogP contribution in [0.5, 0.6) is 0 Å². The molecule has 0 bridgehead atoms. The second-order valence-electron chi connectivity index (χ2n) is 10.3. The number of rotatable bonds is 8. The zero-order valence-corrected chi connectivity index (χ0v) is 25.2. The number of Topliss-reactive ketones (excluding diaryl/α,β-unsaturated/α-hetero) is 4. The first kappa shape index (κ1) is 30.3. The van der Waals surface area contributed by atoms with Crippen LogP contribution >= 0.6 is 0 Å². The maximum absolute atomic E-state index is 14.5. The molecule has 10 nitrogen and oxygen atoms in total. The number of hydrogen-bond donors (Lipinski definition) is 0. The van der Waals surface area contributed by atoms with Crippen LogP contribution in [0, 0.1) is 10.8 Å².